The number of hydrogen-bond donors (Lipinski definition) is 1. The number of nitriles is 1. The lowest BCUT2D eigenvalue weighted by Crippen LogP contribution is -2.35. The molecule has 32 heavy (non-hydrogen) atoms. The first-order valence-corrected chi connectivity index (χ1v) is 10.9. The molecule has 170 valence electrons. The lowest BCUT2D eigenvalue weighted by molar-refractivity contribution is -0.129. The highest BCUT2D eigenvalue weighted by atomic mass is 16.2. The van der Waals surface area contributed by atoms with Gasteiger partial charge in [0.2, 0.25) is 5.91 Å². The van der Waals surface area contributed by atoms with Crippen molar-refractivity contribution < 1.29 is 9.59 Å². The lowest BCUT2D eigenvalue weighted by atomic mass is 10.1. The molecule has 0 bridgehead atoms. The fraction of sp³-hybridized carbons (Fsp3) is 0.423. The SMILES string of the molecule is Cc1cc(C)c(NC(=O)CN(C)C(=O)/C(C#N)=C/c2cc(C)n(CC(C)C)c2C)c(C)c1. The number of likely N-dealkylation sites (N-methyl/N-ethyl adjacent to an activating group) is 1. The van der Waals surface area contributed by atoms with E-state index in [1.54, 1.807) is 6.08 Å². The van der Waals surface area contributed by atoms with Crippen molar-refractivity contribution >= 4 is 23.6 Å². The van der Waals surface area contributed by atoms with Crippen molar-refractivity contribution in [2.24, 2.45) is 5.92 Å². The number of amides is 2. The van der Waals surface area contributed by atoms with Crippen LogP contribution in [-0.2, 0) is 16.1 Å². The number of nitrogens with one attached hydrogen (secondary N) is 1. The number of aromatic nitrogens is 1. The topological polar surface area (TPSA) is 78.1 Å². The average molecular weight is 435 g/mol. The first-order valence-electron chi connectivity index (χ1n) is 10.9. The van der Waals surface area contributed by atoms with E-state index in [0.717, 1.165) is 45.9 Å². The van der Waals surface area contributed by atoms with Gasteiger partial charge in [0.25, 0.3) is 5.91 Å². The normalized spacial score (nSPS) is 11.4. The smallest absolute Gasteiger partial charge is 0.264 e. The van der Waals surface area contributed by atoms with E-state index in [-0.39, 0.29) is 18.0 Å². The Kier molecular flexibility index (Phi) is 8.04. The summed E-state index contributed by atoms with van der Waals surface area (Å²) in [6, 6.07) is 8.00. The van der Waals surface area contributed by atoms with Gasteiger partial charge in [-0.2, -0.15) is 5.26 Å². The number of carbonyl (C=O) groups is 2. The molecule has 6 heteroatoms. The van der Waals surface area contributed by atoms with Crippen LogP contribution in [-0.4, -0.2) is 34.9 Å². The molecule has 0 spiro atoms. The standard InChI is InChI=1S/C26H34N4O2/c1-16(2)14-30-20(6)11-22(21(30)7)12-23(13-27)26(32)29(8)15-24(31)28-25-18(4)9-17(3)10-19(25)5/h9-12,16H,14-15H2,1-8H3,(H,28,31)/b23-12+. The first kappa shape index (κ1) is 24.9. The van der Waals surface area contributed by atoms with E-state index in [1.807, 2.05) is 58.9 Å². The van der Waals surface area contributed by atoms with Gasteiger partial charge in [-0.3, -0.25) is 9.59 Å². The summed E-state index contributed by atoms with van der Waals surface area (Å²) in [4.78, 5) is 26.7. The second-order valence-corrected chi connectivity index (χ2v) is 8.98. The summed E-state index contributed by atoms with van der Waals surface area (Å²) in [6.45, 7) is 14.9. The lowest BCUT2D eigenvalue weighted by Gasteiger charge is -2.18. The van der Waals surface area contributed by atoms with Crippen molar-refractivity contribution in [1.82, 2.24) is 9.47 Å². The van der Waals surface area contributed by atoms with Crippen molar-refractivity contribution in [3.63, 3.8) is 0 Å². The number of rotatable bonds is 7. The zero-order valence-corrected chi connectivity index (χ0v) is 20.5. The van der Waals surface area contributed by atoms with Crippen LogP contribution in [0.1, 0.15) is 47.5 Å². The van der Waals surface area contributed by atoms with Crippen molar-refractivity contribution in [1.29, 1.82) is 5.26 Å². The van der Waals surface area contributed by atoms with E-state index in [9.17, 15) is 14.9 Å². The van der Waals surface area contributed by atoms with E-state index < -0.39 is 5.91 Å². The van der Waals surface area contributed by atoms with Gasteiger partial charge in [0, 0.05) is 30.7 Å². The van der Waals surface area contributed by atoms with E-state index in [2.05, 4.69) is 23.7 Å². The van der Waals surface area contributed by atoms with Crippen LogP contribution in [0.15, 0.2) is 23.8 Å². The average Bonchev–Trinajstić information content (AvgIpc) is 2.95. The quantitative estimate of drug-likeness (QED) is 0.507. The van der Waals surface area contributed by atoms with Gasteiger partial charge >= 0.3 is 0 Å². The molecule has 1 N–H and O–H groups in total. The minimum atomic E-state index is -0.478. The Morgan fingerprint density at radius 2 is 1.72 bits per heavy atom. The number of anilines is 1. The largest absolute Gasteiger partial charge is 0.348 e. The molecule has 0 unspecified atom stereocenters. The van der Waals surface area contributed by atoms with Crippen LogP contribution >= 0.6 is 0 Å². The van der Waals surface area contributed by atoms with Crippen LogP contribution < -0.4 is 5.32 Å². The summed E-state index contributed by atoms with van der Waals surface area (Å²) in [5.74, 6) is -0.295. The highest BCUT2D eigenvalue weighted by Gasteiger charge is 2.19. The molecule has 0 fully saturated rings. The third-order valence-electron chi connectivity index (χ3n) is 5.48. The molecular formula is C26H34N4O2. The van der Waals surface area contributed by atoms with E-state index in [1.165, 1.54) is 11.9 Å². The maximum absolute atomic E-state index is 12.9. The molecule has 1 heterocycles. The van der Waals surface area contributed by atoms with E-state index >= 15 is 0 Å². The summed E-state index contributed by atoms with van der Waals surface area (Å²) < 4.78 is 2.19. The molecule has 1 aromatic heterocycles. The molecule has 2 amide bonds. The van der Waals surface area contributed by atoms with Crippen molar-refractivity contribution in [2.75, 3.05) is 18.9 Å². The minimum absolute atomic E-state index is 0.00722. The summed E-state index contributed by atoms with van der Waals surface area (Å²) in [5.41, 5.74) is 6.78. The third-order valence-corrected chi connectivity index (χ3v) is 5.48. The van der Waals surface area contributed by atoms with Crippen molar-refractivity contribution in [3.05, 3.63) is 57.4 Å². The molecule has 0 aliphatic rings. The number of aryl methyl sites for hydroxylation is 4. The molecule has 0 saturated carbocycles. The Morgan fingerprint density at radius 1 is 1.12 bits per heavy atom. The monoisotopic (exact) mass is 434 g/mol. The summed E-state index contributed by atoms with van der Waals surface area (Å²) >= 11 is 0. The number of hydrogen-bond acceptors (Lipinski definition) is 3. The zero-order valence-electron chi connectivity index (χ0n) is 20.5. The molecule has 0 aliphatic heterocycles. The highest BCUT2D eigenvalue weighted by Crippen LogP contribution is 2.22. The van der Waals surface area contributed by atoms with E-state index in [4.69, 9.17) is 0 Å². The van der Waals surface area contributed by atoms with Gasteiger partial charge < -0.3 is 14.8 Å². The predicted molar refractivity (Wildman–Crippen MR) is 129 cm³/mol. The Balaban J connectivity index is 2.17. The van der Waals surface area contributed by atoms with Crippen molar-refractivity contribution in [3.8, 4) is 6.07 Å². The Morgan fingerprint density at radius 3 is 2.25 bits per heavy atom. The van der Waals surface area contributed by atoms with Crippen LogP contribution in [0.4, 0.5) is 5.69 Å². The zero-order chi connectivity index (χ0) is 24.2. The molecule has 2 rings (SSSR count). The summed E-state index contributed by atoms with van der Waals surface area (Å²) in [7, 11) is 1.53. The molecule has 0 aliphatic carbocycles. The van der Waals surface area contributed by atoms with Gasteiger partial charge in [-0.1, -0.05) is 31.5 Å². The maximum atomic E-state index is 12.9. The number of nitrogens with zero attached hydrogens (tertiary/aromatic N) is 3. The van der Waals surface area contributed by atoms with Gasteiger partial charge in [-0.25, -0.2) is 0 Å². The first-order chi connectivity index (χ1) is 14.9. The van der Waals surface area contributed by atoms with Crippen molar-refractivity contribution in [2.45, 2.75) is 55.0 Å². The second-order valence-electron chi connectivity index (χ2n) is 8.98. The van der Waals surface area contributed by atoms with Gasteiger partial charge in [0.1, 0.15) is 11.6 Å². The third kappa shape index (κ3) is 5.88. The van der Waals surface area contributed by atoms with Crippen LogP contribution in [0.2, 0.25) is 0 Å². The van der Waals surface area contributed by atoms with Gasteiger partial charge in [0.05, 0.1) is 6.54 Å². The van der Waals surface area contributed by atoms with Crippen LogP contribution in [0.5, 0.6) is 0 Å². The number of benzene rings is 1. The van der Waals surface area contributed by atoms with Gasteiger partial charge in [0.15, 0.2) is 0 Å². The predicted octanol–water partition coefficient (Wildman–Crippen LogP) is 4.69. The fourth-order valence-electron chi connectivity index (χ4n) is 3.97. The molecule has 0 radical (unpaired) electrons. The van der Waals surface area contributed by atoms with Gasteiger partial charge in [-0.05, 0) is 69.4 Å². The highest BCUT2D eigenvalue weighted by molar-refractivity contribution is 6.04. The second kappa shape index (κ2) is 10.3. The molecule has 6 nitrogen and oxygen atoms in total. The Bertz CT molecular complexity index is 1080. The fourth-order valence-corrected chi connectivity index (χ4v) is 3.97. The maximum Gasteiger partial charge on any atom is 0.264 e. The van der Waals surface area contributed by atoms with Gasteiger partial charge in [-0.15, -0.1) is 0 Å². The van der Waals surface area contributed by atoms with Crippen LogP contribution in [0.3, 0.4) is 0 Å². The Labute approximate surface area is 191 Å². The number of carbonyl (C=O) groups excluding carboxylic acids is 2. The van der Waals surface area contributed by atoms with E-state index in [0.29, 0.717) is 5.92 Å². The Hall–Kier alpha value is -3.33. The minimum Gasteiger partial charge on any atom is -0.348 e. The molecule has 0 atom stereocenters. The molecule has 1 aromatic carbocycles. The molecule has 0 saturated heterocycles. The summed E-state index contributed by atoms with van der Waals surface area (Å²) in [5, 5.41) is 12.5. The summed E-state index contributed by atoms with van der Waals surface area (Å²) in [6.07, 6.45) is 1.62. The van der Waals surface area contributed by atoms with Crippen LogP contribution in [0, 0.1) is 51.9 Å². The van der Waals surface area contributed by atoms with Crippen LogP contribution in [0.25, 0.3) is 6.08 Å². The molecule has 2 aromatic rings. The molecular weight excluding hydrogens is 400 g/mol.